The molecule has 4 nitrogen and oxygen atoms in total. The maximum Gasteiger partial charge on any atom is 0.407 e. The number of hydrogen-bond acceptors (Lipinski definition) is 3. The summed E-state index contributed by atoms with van der Waals surface area (Å²) in [6.45, 7) is 6.23. The van der Waals surface area contributed by atoms with Crippen molar-refractivity contribution < 1.29 is 14.3 Å². The van der Waals surface area contributed by atoms with Gasteiger partial charge in [0.05, 0.1) is 0 Å². The molecule has 140 valence electrons. The van der Waals surface area contributed by atoms with Crippen LogP contribution >= 0.6 is 0 Å². The predicted octanol–water partition coefficient (Wildman–Crippen LogP) is 4.51. The number of carbonyl (C=O) groups is 1. The Morgan fingerprint density at radius 1 is 1.11 bits per heavy atom. The fraction of sp³-hybridized carbons (Fsp3) is 0.348. The fourth-order valence-corrected chi connectivity index (χ4v) is 4.13. The molecular weight excluding hydrogens is 338 g/mol. The van der Waals surface area contributed by atoms with Gasteiger partial charge in [-0.1, -0.05) is 54.6 Å². The predicted molar refractivity (Wildman–Crippen MR) is 106 cm³/mol. The third-order valence-corrected chi connectivity index (χ3v) is 5.85. The summed E-state index contributed by atoms with van der Waals surface area (Å²) in [6, 6.07) is 16.7. The van der Waals surface area contributed by atoms with Crippen molar-refractivity contribution in [3.63, 3.8) is 0 Å². The van der Waals surface area contributed by atoms with Gasteiger partial charge in [0.1, 0.15) is 6.61 Å². The molecule has 2 aromatic rings. The molecule has 0 saturated carbocycles. The molecule has 2 aromatic carbocycles. The summed E-state index contributed by atoms with van der Waals surface area (Å²) < 4.78 is 11.0. The second-order valence-corrected chi connectivity index (χ2v) is 7.36. The third kappa shape index (κ3) is 3.50. The number of fused-ring (bicyclic) bond motifs is 3. The van der Waals surface area contributed by atoms with Crippen LogP contribution in [0.2, 0.25) is 0 Å². The zero-order chi connectivity index (χ0) is 18.7. The van der Waals surface area contributed by atoms with Crippen molar-refractivity contribution in [3.05, 3.63) is 72.3 Å². The molecule has 2 aliphatic rings. The smallest absolute Gasteiger partial charge is 0.407 e. The molecule has 1 aliphatic carbocycles. The normalized spacial score (nSPS) is 17.6. The van der Waals surface area contributed by atoms with Crippen molar-refractivity contribution in [2.45, 2.75) is 18.8 Å². The lowest BCUT2D eigenvalue weighted by Crippen LogP contribution is -2.40. The molecule has 1 N–H and O–H groups in total. The van der Waals surface area contributed by atoms with Crippen LogP contribution in [-0.2, 0) is 9.47 Å². The largest absolute Gasteiger partial charge is 0.449 e. The number of rotatable bonds is 5. The molecule has 27 heavy (non-hydrogen) atoms. The first kappa shape index (κ1) is 17.8. The monoisotopic (exact) mass is 363 g/mol. The first-order valence-electron chi connectivity index (χ1n) is 9.53. The highest BCUT2D eigenvalue weighted by Crippen LogP contribution is 2.44. The average molecular weight is 363 g/mol. The van der Waals surface area contributed by atoms with Gasteiger partial charge in [-0.05, 0) is 35.1 Å². The second kappa shape index (κ2) is 7.57. The Balaban J connectivity index is 1.40. The molecule has 1 heterocycles. The summed E-state index contributed by atoms with van der Waals surface area (Å²) >= 11 is 0. The Bertz CT molecular complexity index is 794. The molecule has 0 bridgehead atoms. The van der Waals surface area contributed by atoms with E-state index in [1.807, 2.05) is 30.3 Å². The lowest BCUT2D eigenvalue weighted by Gasteiger charge is -2.34. The van der Waals surface area contributed by atoms with Crippen molar-refractivity contribution >= 4 is 6.09 Å². The Hall–Kier alpha value is -2.59. The maximum absolute atomic E-state index is 12.3. The molecule has 1 fully saturated rings. The van der Waals surface area contributed by atoms with Crippen molar-refractivity contribution in [3.8, 4) is 11.1 Å². The summed E-state index contributed by atoms with van der Waals surface area (Å²) in [5.41, 5.74) is 4.81. The van der Waals surface area contributed by atoms with E-state index in [0.29, 0.717) is 26.4 Å². The molecule has 0 aromatic heterocycles. The fourth-order valence-electron chi connectivity index (χ4n) is 4.13. The van der Waals surface area contributed by atoms with Crippen LogP contribution in [0.3, 0.4) is 0 Å². The molecular formula is C23H25NO3. The van der Waals surface area contributed by atoms with E-state index >= 15 is 0 Å². The first-order valence-corrected chi connectivity index (χ1v) is 9.53. The van der Waals surface area contributed by atoms with Crippen LogP contribution in [0.25, 0.3) is 11.1 Å². The summed E-state index contributed by atoms with van der Waals surface area (Å²) in [5, 5.41) is 2.93. The van der Waals surface area contributed by atoms with Gasteiger partial charge in [0, 0.05) is 31.1 Å². The lowest BCUT2D eigenvalue weighted by atomic mass is 9.80. The van der Waals surface area contributed by atoms with Crippen LogP contribution in [0.5, 0.6) is 0 Å². The number of nitrogens with one attached hydrogen (secondary N) is 1. The molecule has 1 amide bonds. The van der Waals surface area contributed by atoms with Gasteiger partial charge in [0.15, 0.2) is 0 Å². The third-order valence-electron chi connectivity index (χ3n) is 5.85. The van der Waals surface area contributed by atoms with E-state index in [2.05, 4.69) is 36.2 Å². The Labute approximate surface area is 160 Å². The van der Waals surface area contributed by atoms with Crippen LogP contribution < -0.4 is 5.32 Å². The number of carbonyl (C=O) groups excluding carboxylic acids is 1. The van der Waals surface area contributed by atoms with E-state index in [-0.39, 0.29) is 17.4 Å². The zero-order valence-corrected chi connectivity index (χ0v) is 15.4. The number of benzene rings is 2. The van der Waals surface area contributed by atoms with Gasteiger partial charge in [-0.2, -0.15) is 0 Å². The van der Waals surface area contributed by atoms with Gasteiger partial charge in [0.25, 0.3) is 0 Å². The Kier molecular flexibility index (Phi) is 4.99. The molecule has 0 unspecified atom stereocenters. The van der Waals surface area contributed by atoms with Gasteiger partial charge in [-0.25, -0.2) is 4.79 Å². The van der Waals surface area contributed by atoms with Crippen LogP contribution in [0.1, 0.15) is 29.9 Å². The SMILES string of the molecule is C=CC1(CNC(=O)OCC2c3ccccc3-c3ccccc32)CCOCC1. The van der Waals surface area contributed by atoms with E-state index in [0.717, 1.165) is 12.8 Å². The molecule has 0 radical (unpaired) electrons. The molecule has 4 rings (SSSR count). The molecule has 0 atom stereocenters. The average Bonchev–Trinajstić information content (AvgIpc) is 3.05. The van der Waals surface area contributed by atoms with Gasteiger partial charge in [-0.3, -0.25) is 0 Å². The highest BCUT2D eigenvalue weighted by atomic mass is 16.5. The minimum Gasteiger partial charge on any atom is -0.449 e. The number of hydrogen-bond donors (Lipinski definition) is 1. The van der Waals surface area contributed by atoms with Gasteiger partial charge in [0.2, 0.25) is 0 Å². The summed E-state index contributed by atoms with van der Waals surface area (Å²) in [7, 11) is 0. The van der Waals surface area contributed by atoms with E-state index < -0.39 is 0 Å². The minimum atomic E-state index is -0.371. The highest BCUT2D eigenvalue weighted by molar-refractivity contribution is 5.79. The second-order valence-electron chi connectivity index (χ2n) is 7.36. The van der Waals surface area contributed by atoms with E-state index in [4.69, 9.17) is 9.47 Å². The summed E-state index contributed by atoms with van der Waals surface area (Å²) in [5.74, 6) is 0.0830. The van der Waals surface area contributed by atoms with Crippen LogP contribution in [0.4, 0.5) is 4.79 Å². The quantitative estimate of drug-likeness (QED) is 0.795. The van der Waals surface area contributed by atoms with Crippen molar-refractivity contribution in [2.24, 2.45) is 5.41 Å². The first-order chi connectivity index (χ1) is 13.2. The summed E-state index contributed by atoms with van der Waals surface area (Å²) in [6.07, 6.45) is 3.32. The number of ether oxygens (including phenoxy) is 2. The van der Waals surface area contributed by atoms with Crippen molar-refractivity contribution in [1.82, 2.24) is 5.32 Å². The van der Waals surface area contributed by atoms with Crippen LogP contribution in [-0.4, -0.2) is 32.5 Å². The van der Waals surface area contributed by atoms with Gasteiger partial charge in [-0.15, -0.1) is 6.58 Å². The van der Waals surface area contributed by atoms with Crippen molar-refractivity contribution in [2.75, 3.05) is 26.4 Å². The van der Waals surface area contributed by atoms with E-state index in [1.54, 1.807) is 0 Å². The number of amides is 1. The molecule has 1 saturated heterocycles. The molecule has 1 aliphatic heterocycles. The van der Waals surface area contributed by atoms with E-state index in [1.165, 1.54) is 22.3 Å². The summed E-state index contributed by atoms with van der Waals surface area (Å²) in [4.78, 5) is 12.3. The van der Waals surface area contributed by atoms with Gasteiger partial charge >= 0.3 is 6.09 Å². The zero-order valence-electron chi connectivity index (χ0n) is 15.4. The highest BCUT2D eigenvalue weighted by Gasteiger charge is 2.31. The van der Waals surface area contributed by atoms with Crippen LogP contribution in [0.15, 0.2) is 61.2 Å². The Morgan fingerprint density at radius 3 is 2.30 bits per heavy atom. The maximum atomic E-state index is 12.3. The lowest BCUT2D eigenvalue weighted by molar-refractivity contribution is 0.0366. The Morgan fingerprint density at radius 2 is 1.70 bits per heavy atom. The minimum absolute atomic E-state index is 0.0830. The standard InChI is InChI=1S/C23H25NO3/c1-2-23(11-13-26-14-12-23)16-24-22(25)27-15-21-19-9-5-3-7-17(19)18-8-4-6-10-20(18)21/h2-10,21H,1,11-16H2,(H,24,25). The topological polar surface area (TPSA) is 47.6 Å². The molecule has 0 spiro atoms. The number of alkyl carbamates (subject to hydrolysis) is 1. The van der Waals surface area contributed by atoms with E-state index in [9.17, 15) is 4.79 Å². The molecule has 4 heteroatoms. The van der Waals surface area contributed by atoms with Gasteiger partial charge < -0.3 is 14.8 Å². The van der Waals surface area contributed by atoms with Crippen LogP contribution in [0, 0.1) is 5.41 Å². The van der Waals surface area contributed by atoms with Crippen molar-refractivity contribution in [1.29, 1.82) is 0 Å².